The van der Waals surface area contributed by atoms with Gasteiger partial charge in [-0.3, -0.25) is 9.48 Å². The van der Waals surface area contributed by atoms with Crippen molar-refractivity contribution in [1.29, 1.82) is 0 Å². The molecule has 2 aromatic rings. The highest BCUT2D eigenvalue weighted by molar-refractivity contribution is 7.99. The van der Waals surface area contributed by atoms with Crippen LogP contribution in [0.1, 0.15) is 11.4 Å². The fourth-order valence-electron chi connectivity index (χ4n) is 3.19. The van der Waals surface area contributed by atoms with E-state index in [1.54, 1.807) is 25.6 Å². The van der Waals surface area contributed by atoms with Gasteiger partial charge in [0.1, 0.15) is 11.4 Å². The van der Waals surface area contributed by atoms with Gasteiger partial charge < -0.3 is 10.1 Å². The van der Waals surface area contributed by atoms with Gasteiger partial charge in [0.25, 0.3) is 0 Å². The molecule has 1 fully saturated rings. The Labute approximate surface area is 175 Å². The Morgan fingerprint density at radius 2 is 1.90 bits per heavy atom. The molecule has 2 heterocycles. The molecule has 1 aliphatic heterocycles. The van der Waals surface area contributed by atoms with E-state index in [1.807, 2.05) is 30.3 Å². The molecule has 10 heteroatoms. The zero-order valence-electron chi connectivity index (χ0n) is 16.6. The first kappa shape index (κ1) is 21.8. The van der Waals surface area contributed by atoms with Gasteiger partial charge in [-0.2, -0.15) is 9.40 Å². The molecule has 1 aromatic carbocycles. The van der Waals surface area contributed by atoms with Gasteiger partial charge in [0.2, 0.25) is 15.9 Å². The molecule has 0 bridgehead atoms. The third-order valence-corrected chi connectivity index (χ3v) is 7.78. The van der Waals surface area contributed by atoms with Gasteiger partial charge in [0.05, 0.1) is 24.6 Å². The topological polar surface area (TPSA) is 93.5 Å². The number of rotatable bonds is 8. The molecular weight excluding hydrogens is 412 g/mol. The summed E-state index contributed by atoms with van der Waals surface area (Å²) < 4.78 is 34.1. The molecule has 158 valence electrons. The van der Waals surface area contributed by atoms with Crippen molar-refractivity contribution in [3.63, 3.8) is 0 Å². The van der Waals surface area contributed by atoms with Crippen LogP contribution in [0.2, 0.25) is 0 Å². The molecule has 1 N–H and O–H groups in total. The molecule has 3 rings (SSSR count). The van der Waals surface area contributed by atoms with Crippen molar-refractivity contribution in [2.75, 3.05) is 38.6 Å². The molecule has 0 spiro atoms. The highest BCUT2D eigenvalue weighted by Gasteiger charge is 2.32. The minimum atomic E-state index is -3.65. The predicted octanol–water partition coefficient (Wildman–Crippen LogP) is 1.43. The second-order valence-electron chi connectivity index (χ2n) is 6.69. The summed E-state index contributed by atoms with van der Waals surface area (Å²) in [6.07, 6.45) is 0. The Bertz CT molecular complexity index is 939. The molecule has 1 aliphatic rings. The second-order valence-corrected chi connectivity index (χ2v) is 9.73. The molecule has 8 nitrogen and oxygen atoms in total. The van der Waals surface area contributed by atoms with Crippen LogP contribution in [0.5, 0.6) is 0 Å². The number of hydrogen-bond donors (Lipinski definition) is 1. The Hall–Kier alpha value is -1.88. The molecule has 1 saturated heterocycles. The Morgan fingerprint density at radius 3 is 2.59 bits per heavy atom. The lowest BCUT2D eigenvalue weighted by Crippen LogP contribution is -2.41. The van der Waals surface area contributed by atoms with E-state index in [0.717, 1.165) is 10.6 Å². The standard InChI is InChI=1S/C19H26N4O4S2/c1-15-19(29(25,26)22-9-11-27-12-10-22)16(2)23(21-15)14-18(24)20-8-13-28-17-6-4-3-5-7-17/h3-7H,8-14H2,1-2H3,(H,20,24). The average molecular weight is 439 g/mol. The number of carbonyl (C=O) groups is 1. The lowest BCUT2D eigenvalue weighted by molar-refractivity contribution is -0.121. The van der Waals surface area contributed by atoms with Crippen molar-refractivity contribution in [2.45, 2.75) is 30.2 Å². The van der Waals surface area contributed by atoms with Crippen LogP contribution in [0, 0.1) is 13.8 Å². The molecule has 0 radical (unpaired) electrons. The van der Waals surface area contributed by atoms with E-state index >= 15 is 0 Å². The number of benzene rings is 1. The summed E-state index contributed by atoms with van der Waals surface area (Å²) in [6.45, 7) is 5.27. The third-order valence-electron chi connectivity index (χ3n) is 4.61. The molecule has 0 unspecified atom stereocenters. The van der Waals surface area contributed by atoms with E-state index in [2.05, 4.69) is 10.4 Å². The van der Waals surface area contributed by atoms with Crippen molar-refractivity contribution in [3.05, 3.63) is 41.7 Å². The number of morpholine rings is 1. The Kier molecular flexibility index (Phi) is 7.33. The first-order valence-electron chi connectivity index (χ1n) is 9.46. The van der Waals surface area contributed by atoms with Crippen LogP contribution < -0.4 is 5.32 Å². The summed E-state index contributed by atoms with van der Waals surface area (Å²) in [5.41, 5.74) is 0.879. The van der Waals surface area contributed by atoms with Crippen LogP contribution in [0.4, 0.5) is 0 Å². The maximum Gasteiger partial charge on any atom is 0.246 e. The molecule has 29 heavy (non-hydrogen) atoms. The highest BCUT2D eigenvalue weighted by Crippen LogP contribution is 2.24. The number of nitrogens with zero attached hydrogens (tertiary/aromatic N) is 3. The van der Waals surface area contributed by atoms with Crippen molar-refractivity contribution < 1.29 is 17.9 Å². The number of hydrogen-bond acceptors (Lipinski definition) is 6. The van der Waals surface area contributed by atoms with E-state index in [1.165, 1.54) is 8.99 Å². The molecule has 0 aliphatic carbocycles. The minimum Gasteiger partial charge on any atom is -0.379 e. The normalized spacial score (nSPS) is 15.4. The number of sulfonamides is 1. The van der Waals surface area contributed by atoms with Crippen molar-refractivity contribution >= 4 is 27.7 Å². The average Bonchev–Trinajstić information content (AvgIpc) is 3.00. The fourth-order valence-corrected chi connectivity index (χ4v) is 5.76. The van der Waals surface area contributed by atoms with Crippen molar-refractivity contribution in [1.82, 2.24) is 19.4 Å². The zero-order chi connectivity index (χ0) is 20.9. The minimum absolute atomic E-state index is 0.0126. The number of carbonyl (C=O) groups excluding carboxylic acids is 1. The van der Waals surface area contributed by atoms with Gasteiger partial charge >= 0.3 is 0 Å². The van der Waals surface area contributed by atoms with Gasteiger partial charge in [-0.15, -0.1) is 11.8 Å². The van der Waals surface area contributed by atoms with E-state index in [-0.39, 0.29) is 17.3 Å². The summed E-state index contributed by atoms with van der Waals surface area (Å²) in [7, 11) is -3.65. The lowest BCUT2D eigenvalue weighted by Gasteiger charge is -2.26. The number of amides is 1. The van der Waals surface area contributed by atoms with Crippen LogP contribution in [0.25, 0.3) is 0 Å². The summed E-state index contributed by atoms with van der Waals surface area (Å²) in [4.78, 5) is 13.6. The molecular formula is C19H26N4O4S2. The zero-order valence-corrected chi connectivity index (χ0v) is 18.3. The maximum absolute atomic E-state index is 13.0. The number of ether oxygens (including phenoxy) is 1. The van der Waals surface area contributed by atoms with Crippen LogP contribution in [-0.4, -0.2) is 67.0 Å². The van der Waals surface area contributed by atoms with Crippen LogP contribution in [0.3, 0.4) is 0 Å². The highest BCUT2D eigenvalue weighted by atomic mass is 32.2. The van der Waals surface area contributed by atoms with Gasteiger partial charge in [0.15, 0.2) is 0 Å². The number of nitrogens with one attached hydrogen (secondary N) is 1. The Balaban J connectivity index is 1.58. The van der Waals surface area contributed by atoms with Gasteiger partial charge in [0, 0.05) is 30.3 Å². The first-order chi connectivity index (χ1) is 13.9. The summed E-state index contributed by atoms with van der Waals surface area (Å²) in [5.74, 6) is 0.559. The van der Waals surface area contributed by atoms with E-state index < -0.39 is 10.0 Å². The monoisotopic (exact) mass is 438 g/mol. The fraction of sp³-hybridized carbons (Fsp3) is 0.474. The SMILES string of the molecule is Cc1nn(CC(=O)NCCSc2ccccc2)c(C)c1S(=O)(=O)N1CCOCC1. The maximum atomic E-state index is 13.0. The second kappa shape index (κ2) is 9.75. The predicted molar refractivity (Wildman–Crippen MR) is 111 cm³/mol. The molecule has 0 saturated carbocycles. The van der Waals surface area contributed by atoms with E-state index in [0.29, 0.717) is 44.2 Å². The van der Waals surface area contributed by atoms with Gasteiger partial charge in [-0.1, -0.05) is 18.2 Å². The smallest absolute Gasteiger partial charge is 0.246 e. The molecule has 1 aromatic heterocycles. The first-order valence-corrected chi connectivity index (χ1v) is 11.9. The third kappa shape index (κ3) is 5.39. The molecule has 1 amide bonds. The van der Waals surface area contributed by atoms with Crippen LogP contribution in [-0.2, 0) is 26.1 Å². The summed E-state index contributed by atoms with van der Waals surface area (Å²) >= 11 is 1.67. The largest absolute Gasteiger partial charge is 0.379 e. The van der Waals surface area contributed by atoms with Crippen molar-refractivity contribution in [2.24, 2.45) is 0 Å². The Morgan fingerprint density at radius 1 is 1.21 bits per heavy atom. The van der Waals surface area contributed by atoms with Crippen molar-refractivity contribution in [3.8, 4) is 0 Å². The van der Waals surface area contributed by atoms with Crippen LogP contribution >= 0.6 is 11.8 Å². The van der Waals surface area contributed by atoms with E-state index in [4.69, 9.17) is 4.74 Å². The quantitative estimate of drug-likeness (QED) is 0.495. The number of thioether (sulfide) groups is 1. The molecule has 0 atom stereocenters. The van der Waals surface area contributed by atoms with E-state index in [9.17, 15) is 13.2 Å². The summed E-state index contributed by atoms with van der Waals surface area (Å²) in [6, 6.07) is 9.98. The number of aromatic nitrogens is 2. The summed E-state index contributed by atoms with van der Waals surface area (Å²) in [5, 5.41) is 7.16. The van der Waals surface area contributed by atoms with Gasteiger partial charge in [-0.25, -0.2) is 8.42 Å². The van der Waals surface area contributed by atoms with Gasteiger partial charge in [-0.05, 0) is 26.0 Å². The number of aryl methyl sites for hydroxylation is 1. The lowest BCUT2D eigenvalue weighted by atomic mass is 10.4. The van der Waals surface area contributed by atoms with Crippen LogP contribution in [0.15, 0.2) is 40.1 Å².